The van der Waals surface area contributed by atoms with Crippen molar-refractivity contribution in [1.29, 1.82) is 0 Å². The van der Waals surface area contributed by atoms with Gasteiger partial charge in [-0.3, -0.25) is 13.9 Å². The molecule has 3 amide bonds. The molecule has 1 atom stereocenters. The van der Waals surface area contributed by atoms with Crippen LogP contribution in [0, 0.1) is 0 Å². The van der Waals surface area contributed by atoms with Crippen LogP contribution in [0.3, 0.4) is 0 Å². The second kappa shape index (κ2) is 13.5. The average molecular weight is 623 g/mol. The number of aldehydes is 1. The number of aromatic nitrogens is 2. The maximum absolute atomic E-state index is 13.0. The molecule has 5 rings (SSSR count). The minimum Gasteiger partial charge on any atom is -0.487 e. The molecule has 0 bridgehead atoms. The van der Waals surface area contributed by atoms with Gasteiger partial charge >= 0.3 is 11.7 Å². The third-order valence-corrected chi connectivity index (χ3v) is 10.0. The number of hydrogen-bond donors (Lipinski definition) is 2. The number of imidazole rings is 1. The first kappa shape index (κ1) is 31.6. The van der Waals surface area contributed by atoms with Gasteiger partial charge in [-0.25, -0.2) is 13.9 Å². The zero-order valence-electron chi connectivity index (χ0n) is 25.9. The second-order valence-corrected chi connectivity index (χ2v) is 13.2. The number of fused-ring (bicyclic) bond motifs is 1. The van der Waals surface area contributed by atoms with Crippen molar-refractivity contribution < 1.29 is 19.1 Å². The molecule has 2 aliphatic heterocycles. The fourth-order valence-corrected chi connectivity index (χ4v) is 7.03. The van der Waals surface area contributed by atoms with Gasteiger partial charge in [-0.1, -0.05) is 30.5 Å². The van der Waals surface area contributed by atoms with E-state index in [0.717, 1.165) is 18.0 Å². The number of urea groups is 1. The quantitative estimate of drug-likeness (QED) is 0.242. The van der Waals surface area contributed by atoms with Gasteiger partial charge in [-0.15, -0.1) is 0 Å². The Labute approximate surface area is 262 Å². The lowest BCUT2D eigenvalue weighted by Crippen LogP contribution is -2.57. The summed E-state index contributed by atoms with van der Waals surface area (Å²) in [5.74, 6) is 1.24. The lowest BCUT2D eigenvalue weighted by atomic mass is 9.93. The molecule has 0 saturated carbocycles. The highest BCUT2D eigenvalue weighted by Gasteiger charge is 2.33. The van der Waals surface area contributed by atoms with Crippen LogP contribution in [0.25, 0.3) is 11.0 Å². The molecule has 2 N–H and O–H groups in total. The molecule has 3 heterocycles. The number of nitrogens with one attached hydrogen (secondary N) is 2. The Bertz CT molecular complexity index is 1580. The van der Waals surface area contributed by atoms with Crippen LogP contribution < -0.4 is 21.1 Å². The molecule has 0 radical (unpaired) electrons. The van der Waals surface area contributed by atoms with Crippen LogP contribution in [0.4, 0.5) is 10.5 Å². The fraction of sp³-hybridized carbons (Fsp3) is 0.500. The minimum atomic E-state index is -0.754. The summed E-state index contributed by atoms with van der Waals surface area (Å²) in [5.41, 5.74) is 3.02. The van der Waals surface area contributed by atoms with Crippen molar-refractivity contribution in [1.82, 2.24) is 23.7 Å². The topological polar surface area (TPSA) is 118 Å². The summed E-state index contributed by atoms with van der Waals surface area (Å²) in [7, 11) is 3.18. The highest BCUT2D eigenvalue weighted by atomic mass is 32.2. The summed E-state index contributed by atoms with van der Waals surface area (Å²) < 4.78 is 11.5. The number of anilines is 1. The third-order valence-electron chi connectivity index (χ3n) is 8.57. The number of carbonyl (C=O) groups excluding carboxylic acids is 3. The van der Waals surface area contributed by atoms with Crippen LogP contribution in [0.1, 0.15) is 57.6 Å². The first-order chi connectivity index (χ1) is 21.1. The number of nitrogens with zero attached hydrogens (tertiary/aromatic N) is 4. The molecule has 3 aromatic rings. The van der Waals surface area contributed by atoms with E-state index in [1.54, 1.807) is 30.1 Å². The van der Waals surface area contributed by atoms with E-state index in [1.807, 2.05) is 30.1 Å². The van der Waals surface area contributed by atoms with E-state index in [4.69, 9.17) is 4.74 Å². The van der Waals surface area contributed by atoms with E-state index in [2.05, 4.69) is 34.9 Å². The lowest BCUT2D eigenvalue weighted by molar-refractivity contribution is -0.121. The molecular weight excluding hydrogens is 580 g/mol. The van der Waals surface area contributed by atoms with E-state index >= 15 is 0 Å². The van der Waals surface area contributed by atoms with Crippen LogP contribution in [-0.4, -0.2) is 74.9 Å². The number of rotatable bonds is 11. The summed E-state index contributed by atoms with van der Waals surface area (Å²) in [5, 5.41) is 5.55. The van der Waals surface area contributed by atoms with Crippen molar-refractivity contribution in [2.45, 2.75) is 69.4 Å². The van der Waals surface area contributed by atoms with Crippen LogP contribution in [0.2, 0.25) is 0 Å². The van der Waals surface area contributed by atoms with E-state index in [1.165, 1.54) is 41.0 Å². The van der Waals surface area contributed by atoms with Crippen molar-refractivity contribution in [3.63, 3.8) is 0 Å². The van der Waals surface area contributed by atoms with Gasteiger partial charge in [-0.2, -0.15) is 0 Å². The zero-order valence-corrected chi connectivity index (χ0v) is 26.7. The van der Waals surface area contributed by atoms with Crippen LogP contribution in [-0.2, 0) is 22.4 Å². The first-order valence-electron chi connectivity index (χ1n) is 15.2. The van der Waals surface area contributed by atoms with Crippen molar-refractivity contribution in [3.05, 3.63) is 58.5 Å². The smallest absolute Gasteiger partial charge is 0.329 e. The van der Waals surface area contributed by atoms with Gasteiger partial charge in [-0.05, 0) is 62.9 Å². The van der Waals surface area contributed by atoms with E-state index in [0.29, 0.717) is 36.2 Å². The van der Waals surface area contributed by atoms with Crippen molar-refractivity contribution in [2.75, 3.05) is 32.0 Å². The lowest BCUT2D eigenvalue weighted by Gasteiger charge is -2.41. The van der Waals surface area contributed by atoms with Gasteiger partial charge in [0, 0.05) is 50.1 Å². The summed E-state index contributed by atoms with van der Waals surface area (Å²) in [4.78, 5) is 51.1. The molecule has 1 unspecified atom stereocenters. The number of likely N-dealkylation sites (tertiary alicyclic amines) is 1. The molecule has 11 nitrogen and oxygen atoms in total. The molecule has 236 valence electrons. The van der Waals surface area contributed by atoms with E-state index < -0.39 is 6.04 Å². The predicted molar refractivity (Wildman–Crippen MR) is 173 cm³/mol. The Morgan fingerprint density at radius 2 is 1.93 bits per heavy atom. The van der Waals surface area contributed by atoms with Crippen LogP contribution in [0.15, 0.2) is 47.3 Å². The predicted octanol–water partition coefficient (Wildman–Crippen LogP) is 4.31. The number of benzene rings is 2. The fourth-order valence-electron chi connectivity index (χ4n) is 5.84. The van der Waals surface area contributed by atoms with E-state index in [-0.39, 0.29) is 42.1 Å². The first-order valence-corrected chi connectivity index (χ1v) is 16.1. The Hall–Kier alpha value is -3.77. The molecule has 44 heavy (non-hydrogen) atoms. The SMILES string of the molecule is CNC(=O)CCC(C=O)n1c(=O)n(C)c2cc(OC3CN(C(=O)Nc4cccc(CSN5CCCCC5(C)C)c4)C3)ccc21. The van der Waals surface area contributed by atoms with Crippen molar-refractivity contribution in [2.24, 2.45) is 7.05 Å². The normalized spacial score (nSPS) is 17.6. The number of piperidine rings is 1. The number of ether oxygens (including phenoxy) is 1. The average Bonchev–Trinajstić information content (AvgIpc) is 3.23. The number of aryl methyl sites for hydroxylation is 1. The van der Waals surface area contributed by atoms with Crippen LogP contribution >= 0.6 is 11.9 Å². The van der Waals surface area contributed by atoms with Crippen LogP contribution in [0.5, 0.6) is 5.75 Å². The van der Waals surface area contributed by atoms with Gasteiger partial charge in [0.15, 0.2) is 0 Å². The molecule has 0 spiro atoms. The summed E-state index contributed by atoms with van der Waals surface area (Å²) in [6, 6.07) is 12.4. The van der Waals surface area contributed by atoms with Crippen molar-refractivity contribution in [3.8, 4) is 5.75 Å². The maximum Gasteiger partial charge on any atom is 0.329 e. The molecule has 2 aromatic carbocycles. The Balaban J connectivity index is 1.15. The van der Waals surface area contributed by atoms with Crippen molar-refractivity contribution >= 4 is 46.9 Å². The molecule has 2 fully saturated rings. The summed E-state index contributed by atoms with van der Waals surface area (Å²) in [6.07, 6.45) is 4.61. The Morgan fingerprint density at radius 3 is 2.66 bits per heavy atom. The van der Waals surface area contributed by atoms with Gasteiger partial charge in [0.05, 0.1) is 30.2 Å². The number of amides is 3. The Morgan fingerprint density at radius 1 is 1.14 bits per heavy atom. The summed E-state index contributed by atoms with van der Waals surface area (Å²) >= 11 is 1.86. The zero-order chi connectivity index (χ0) is 31.4. The van der Waals surface area contributed by atoms with Gasteiger partial charge in [0.2, 0.25) is 5.91 Å². The third kappa shape index (κ3) is 6.96. The minimum absolute atomic E-state index is 0.136. The van der Waals surface area contributed by atoms with E-state index in [9.17, 15) is 19.2 Å². The standard InChI is InChI=1S/C32H42N6O5S/c1-32(2)14-5-6-15-37(32)44-21-22-8-7-9-23(16-22)34-30(41)36-18-26(19-36)43-25-11-12-27-28(17-25)35(4)31(42)38(27)24(20-39)10-13-29(40)33-3/h7-9,11-12,16-17,20,24,26H,5-6,10,13-15,18-19,21H2,1-4H3,(H,33,40)(H,34,41). The highest BCUT2D eigenvalue weighted by molar-refractivity contribution is 7.96. The highest BCUT2D eigenvalue weighted by Crippen LogP contribution is 2.34. The molecule has 1 aromatic heterocycles. The monoisotopic (exact) mass is 622 g/mol. The second-order valence-electron chi connectivity index (χ2n) is 12.2. The number of hydrogen-bond acceptors (Lipinski definition) is 7. The van der Waals surface area contributed by atoms with Gasteiger partial charge < -0.3 is 25.1 Å². The molecule has 0 aliphatic carbocycles. The van der Waals surface area contributed by atoms with Gasteiger partial charge in [0.25, 0.3) is 0 Å². The Kier molecular flexibility index (Phi) is 9.69. The largest absolute Gasteiger partial charge is 0.487 e. The molecule has 2 aliphatic rings. The summed E-state index contributed by atoms with van der Waals surface area (Å²) in [6.45, 7) is 6.60. The molecule has 2 saturated heterocycles. The molecular formula is C32H42N6O5S. The maximum atomic E-state index is 13.0. The number of carbonyl (C=O) groups is 3. The van der Waals surface area contributed by atoms with Gasteiger partial charge in [0.1, 0.15) is 18.1 Å². The molecule has 12 heteroatoms.